The molecule has 1 aromatic rings. The summed E-state index contributed by atoms with van der Waals surface area (Å²) in [4.78, 5) is 15.1. The summed E-state index contributed by atoms with van der Waals surface area (Å²) in [6, 6.07) is 0.379. The van der Waals surface area contributed by atoms with Gasteiger partial charge in [0.15, 0.2) is 0 Å². The minimum Gasteiger partial charge on any atom is -0.455 e. The Labute approximate surface area is 106 Å². The Morgan fingerprint density at radius 2 is 2.00 bits per heavy atom. The van der Waals surface area contributed by atoms with Gasteiger partial charge >= 0.3 is 6.01 Å². The average Bonchev–Trinajstić information content (AvgIpc) is 2.87. The van der Waals surface area contributed by atoms with Crippen LogP contribution in [0.3, 0.4) is 0 Å². The standard InChI is InChI=1S/C11H17N5O2/c1-12-9-13-10(16-4-2-3-5-16)15-11(14-9)18-8-6-17-7-8/h8H,2-7H2,1H3,(H,12,13,14,15). The number of aromatic nitrogens is 3. The van der Waals surface area contributed by atoms with Crippen LogP contribution in [0.1, 0.15) is 12.8 Å². The Kier molecular flexibility index (Phi) is 3.14. The SMILES string of the molecule is CNc1nc(OC2COC2)nc(N2CCCC2)n1. The lowest BCUT2D eigenvalue weighted by Crippen LogP contribution is -2.39. The highest BCUT2D eigenvalue weighted by atomic mass is 16.6. The van der Waals surface area contributed by atoms with E-state index in [1.807, 2.05) is 0 Å². The van der Waals surface area contributed by atoms with Gasteiger partial charge in [0.1, 0.15) is 6.10 Å². The fraction of sp³-hybridized carbons (Fsp3) is 0.727. The average molecular weight is 251 g/mol. The number of hydrogen-bond acceptors (Lipinski definition) is 7. The van der Waals surface area contributed by atoms with Crippen LogP contribution in [0.5, 0.6) is 6.01 Å². The Bertz CT molecular complexity index is 418. The fourth-order valence-corrected chi connectivity index (χ4v) is 2.00. The van der Waals surface area contributed by atoms with Crippen molar-refractivity contribution in [1.82, 2.24) is 15.0 Å². The van der Waals surface area contributed by atoms with Crippen molar-refractivity contribution < 1.29 is 9.47 Å². The predicted molar refractivity (Wildman–Crippen MR) is 66.1 cm³/mol. The van der Waals surface area contributed by atoms with Crippen LogP contribution in [0.4, 0.5) is 11.9 Å². The molecule has 0 radical (unpaired) electrons. The lowest BCUT2D eigenvalue weighted by Gasteiger charge is -2.26. The summed E-state index contributed by atoms with van der Waals surface area (Å²) < 4.78 is 10.7. The summed E-state index contributed by atoms with van der Waals surface area (Å²) in [5.41, 5.74) is 0. The second-order valence-electron chi connectivity index (χ2n) is 4.46. The number of ether oxygens (including phenoxy) is 2. The van der Waals surface area contributed by atoms with Crippen molar-refractivity contribution in [2.45, 2.75) is 18.9 Å². The van der Waals surface area contributed by atoms with Crippen LogP contribution in [-0.2, 0) is 4.74 Å². The number of nitrogens with one attached hydrogen (secondary N) is 1. The molecule has 3 heterocycles. The Morgan fingerprint density at radius 1 is 1.22 bits per heavy atom. The van der Waals surface area contributed by atoms with Gasteiger partial charge in [-0.2, -0.15) is 15.0 Å². The zero-order valence-electron chi connectivity index (χ0n) is 10.4. The summed E-state index contributed by atoms with van der Waals surface area (Å²) >= 11 is 0. The van der Waals surface area contributed by atoms with Gasteiger partial charge in [0.2, 0.25) is 11.9 Å². The van der Waals surface area contributed by atoms with E-state index < -0.39 is 0 Å². The molecular formula is C11H17N5O2. The maximum Gasteiger partial charge on any atom is 0.323 e. The van der Waals surface area contributed by atoms with Crippen molar-refractivity contribution in [3.8, 4) is 6.01 Å². The first kappa shape index (κ1) is 11.5. The largest absolute Gasteiger partial charge is 0.455 e. The molecule has 2 aliphatic heterocycles. The molecule has 1 N–H and O–H groups in total. The van der Waals surface area contributed by atoms with E-state index in [-0.39, 0.29) is 6.10 Å². The smallest absolute Gasteiger partial charge is 0.323 e. The highest BCUT2D eigenvalue weighted by Crippen LogP contribution is 2.20. The number of hydrogen-bond donors (Lipinski definition) is 1. The van der Waals surface area contributed by atoms with Gasteiger partial charge in [0.05, 0.1) is 13.2 Å². The van der Waals surface area contributed by atoms with Crippen molar-refractivity contribution in [3.63, 3.8) is 0 Å². The van der Waals surface area contributed by atoms with Gasteiger partial charge in [-0.1, -0.05) is 0 Å². The highest BCUT2D eigenvalue weighted by molar-refractivity contribution is 5.38. The molecule has 0 aromatic carbocycles. The molecule has 0 spiro atoms. The Morgan fingerprint density at radius 3 is 2.61 bits per heavy atom. The second-order valence-corrected chi connectivity index (χ2v) is 4.46. The molecule has 1 aromatic heterocycles. The molecule has 0 amide bonds. The quantitative estimate of drug-likeness (QED) is 0.824. The third-order valence-electron chi connectivity index (χ3n) is 3.10. The molecule has 0 bridgehead atoms. The molecule has 0 unspecified atom stereocenters. The first-order valence-electron chi connectivity index (χ1n) is 6.28. The molecule has 98 valence electrons. The van der Waals surface area contributed by atoms with E-state index in [2.05, 4.69) is 25.2 Å². The molecule has 7 heteroatoms. The van der Waals surface area contributed by atoms with Gasteiger partial charge in [-0.05, 0) is 12.8 Å². The maximum absolute atomic E-state index is 5.64. The summed E-state index contributed by atoms with van der Waals surface area (Å²) in [6.07, 6.45) is 2.45. The minimum absolute atomic E-state index is 0.0727. The maximum atomic E-state index is 5.64. The number of rotatable bonds is 4. The first-order chi connectivity index (χ1) is 8.85. The van der Waals surface area contributed by atoms with Gasteiger partial charge in [0, 0.05) is 20.1 Å². The molecule has 7 nitrogen and oxygen atoms in total. The van der Waals surface area contributed by atoms with Crippen LogP contribution >= 0.6 is 0 Å². The van der Waals surface area contributed by atoms with E-state index >= 15 is 0 Å². The lowest BCUT2D eigenvalue weighted by atomic mass is 10.3. The van der Waals surface area contributed by atoms with Crippen molar-refractivity contribution in [1.29, 1.82) is 0 Å². The van der Waals surface area contributed by atoms with E-state index in [0.717, 1.165) is 13.1 Å². The normalized spacial score (nSPS) is 19.7. The third-order valence-corrected chi connectivity index (χ3v) is 3.10. The van der Waals surface area contributed by atoms with Crippen LogP contribution < -0.4 is 15.0 Å². The molecule has 2 fully saturated rings. The van der Waals surface area contributed by atoms with Crippen LogP contribution in [-0.4, -0.2) is 54.4 Å². The van der Waals surface area contributed by atoms with E-state index in [9.17, 15) is 0 Å². The number of nitrogens with zero attached hydrogens (tertiary/aromatic N) is 4. The minimum atomic E-state index is 0.0727. The third kappa shape index (κ3) is 2.31. The Balaban J connectivity index is 1.80. The summed E-state index contributed by atoms with van der Waals surface area (Å²) in [5.74, 6) is 1.24. The van der Waals surface area contributed by atoms with Gasteiger partial charge in [0.25, 0.3) is 0 Å². The van der Waals surface area contributed by atoms with E-state index in [4.69, 9.17) is 9.47 Å². The Hall–Kier alpha value is -1.63. The van der Waals surface area contributed by atoms with Gasteiger partial charge in [-0.15, -0.1) is 0 Å². The molecule has 0 saturated carbocycles. The van der Waals surface area contributed by atoms with Crippen molar-refractivity contribution in [2.24, 2.45) is 0 Å². The van der Waals surface area contributed by atoms with E-state index in [1.54, 1.807) is 7.05 Å². The fourth-order valence-electron chi connectivity index (χ4n) is 2.00. The zero-order valence-corrected chi connectivity index (χ0v) is 10.4. The lowest BCUT2D eigenvalue weighted by molar-refractivity contribution is -0.0831. The van der Waals surface area contributed by atoms with Gasteiger partial charge < -0.3 is 19.7 Å². The summed E-state index contributed by atoms with van der Waals surface area (Å²) in [6.45, 7) is 3.22. The van der Waals surface area contributed by atoms with E-state index in [0.29, 0.717) is 31.1 Å². The van der Waals surface area contributed by atoms with Gasteiger partial charge in [-0.3, -0.25) is 0 Å². The molecule has 2 aliphatic rings. The zero-order chi connectivity index (χ0) is 12.4. The number of anilines is 2. The predicted octanol–water partition coefficient (Wildman–Crippen LogP) is 0.291. The van der Waals surface area contributed by atoms with Crippen molar-refractivity contribution >= 4 is 11.9 Å². The molecule has 0 aliphatic carbocycles. The van der Waals surface area contributed by atoms with E-state index in [1.165, 1.54) is 12.8 Å². The molecular weight excluding hydrogens is 234 g/mol. The topological polar surface area (TPSA) is 72.4 Å². The van der Waals surface area contributed by atoms with Crippen molar-refractivity contribution in [3.05, 3.63) is 0 Å². The van der Waals surface area contributed by atoms with Crippen LogP contribution in [0.25, 0.3) is 0 Å². The van der Waals surface area contributed by atoms with Crippen LogP contribution in [0, 0.1) is 0 Å². The first-order valence-corrected chi connectivity index (χ1v) is 6.28. The summed E-state index contributed by atoms with van der Waals surface area (Å²) in [7, 11) is 1.79. The second kappa shape index (κ2) is 4.93. The molecule has 3 rings (SSSR count). The molecule has 0 atom stereocenters. The molecule has 2 saturated heterocycles. The monoisotopic (exact) mass is 251 g/mol. The van der Waals surface area contributed by atoms with Crippen molar-refractivity contribution in [2.75, 3.05) is 43.6 Å². The van der Waals surface area contributed by atoms with Crippen LogP contribution in [0.2, 0.25) is 0 Å². The highest BCUT2D eigenvalue weighted by Gasteiger charge is 2.23. The van der Waals surface area contributed by atoms with Crippen LogP contribution in [0.15, 0.2) is 0 Å². The molecule has 18 heavy (non-hydrogen) atoms. The van der Waals surface area contributed by atoms with Gasteiger partial charge in [-0.25, -0.2) is 0 Å². The summed E-state index contributed by atoms with van der Waals surface area (Å²) in [5, 5.41) is 2.94.